The molecule has 0 bridgehead atoms. The van der Waals surface area contributed by atoms with Crippen molar-refractivity contribution in [1.82, 2.24) is 0 Å². The number of phenolic OH excluding ortho intramolecular Hbond substituents is 1. The number of rotatable bonds is 5. The molecule has 19 heavy (non-hydrogen) atoms. The van der Waals surface area contributed by atoms with E-state index in [4.69, 9.17) is 27.1 Å². The van der Waals surface area contributed by atoms with Crippen LogP contribution in [0.25, 0.3) is 0 Å². The second-order valence-corrected chi connectivity index (χ2v) is 6.56. The highest BCUT2D eigenvalue weighted by Crippen LogP contribution is 2.35. The van der Waals surface area contributed by atoms with Crippen LogP contribution in [0.15, 0.2) is 16.6 Å². The Hall–Kier alpha value is -0.330. The molecule has 0 aliphatic carbocycles. The minimum Gasteiger partial charge on any atom is -0.506 e. The third-order valence-corrected chi connectivity index (χ3v) is 3.02. The summed E-state index contributed by atoms with van der Waals surface area (Å²) >= 11 is 9.21. The summed E-state index contributed by atoms with van der Waals surface area (Å²) in [5.74, 6) is 0.00843. The fraction of sp³-hybridized carbons (Fsp3) is 0.538. The molecule has 0 aliphatic rings. The van der Waals surface area contributed by atoms with E-state index < -0.39 is 0 Å². The van der Waals surface area contributed by atoms with E-state index in [2.05, 4.69) is 15.9 Å². The molecule has 0 radical (unpaired) electrons. The lowest BCUT2D eigenvalue weighted by Crippen LogP contribution is -2.21. The lowest BCUT2D eigenvalue weighted by atomic mass is 10.0. The molecule has 0 heterocycles. The minimum absolute atomic E-state index is 0.00843. The van der Waals surface area contributed by atoms with Crippen LogP contribution in [0.3, 0.4) is 0 Å². The van der Waals surface area contributed by atoms with Crippen molar-refractivity contribution in [2.24, 2.45) is 5.73 Å². The van der Waals surface area contributed by atoms with Crippen molar-refractivity contribution in [2.45, 2.75) is 38.8 Å². The smallest absolute Gasteiger partial charge is 0.139 e. The highest BCUT2D eigenvalue weighted by molar-refractivity contribution is 9.10. The Kier molecular flexibility index (Phi) is 6.08. The van der Waals surface area contributed by atoms with Crippen LogP contribution in [-0.4, -0.2) is 17.3 Å². The first-order valence-electron chi connectivity index (χ1n) is 5.95. The number of nitrogens with two attached hydrogens (primary N) is 1. The predicted molar refractivity (Wildman–Crippen MR) is 79.2 cm³/mol. The van der Waals surface area contributed by atoms with Gasteiger partial charge in [0, 0.05) is 16.1 Å². The molecule has 6 heteroatoms. The van der Waals surface area contributed by atoms with Crippen LogP contribution in [-0.2, 0) is 9.78 Å². The van der Waals surface area contributed by atoms with Crippen molar-refractivity contribution < 1.29 is 14.9 Å². The Balaban J connectivity index is 2.57. The Morgan fingerprint density at radius 2 is 2.05 bits per heavy atom. The van der Waals surface area contributed by atoms with Crippen LogP contribution >= 0.6 is 27.5 Å². The van der Waals surface area contributed by atoms with Crippen molar-refractivity contribution in [3.8, 4) is 5.75 Å². The summed E-state index contributed by atoms with van der Waals surface area (Å²) in [6.07, 6.45) is 0.510. The van der Waals surface area contributed by atoms with Crippen LogP contribution in [0.1, 0.15) is 38.8 Å². The van der Waals surface area contributed by atoms with Gasteiger partial charge in [-0.1, -0.05) is 27.5 Å². The number of aromatic hydroxyl groups is 1. The number of halogens is 2. The molecule has 4 nitrogen and oxygen atoms in total. The Morgan fingerprint density at radius 3 is 2.63 bits per heavy atom. The van der Waals surface area contributed by atoms with Gasteiger partial charge in [0.05, 0.1) is 17.2 Å². The molecule has 0 unspecified atom stereocenters. The van der Waals surface area contributed by atoms with Gasteiger partial charge in [0.15, 0.2) is 0 Å². The zero-order valence-electron chi connectivity index (χ0n) is 11.2. The minimum atomic E-state index is -0.376. The van der Waals surface area contributed by atoms with Crippen molar-refractivity contribution in [3.63, 3.8) is 0 Å². The fourth-order valence-electron chi connectivity index (χ4n) is 1.42. The first-order chi connectivity index (χ1) is 8.70. The molecule has 1 aromatic rings. The molecular weight excluding hydrogens is 334 g/mol. The van der Waals surface area contributed by atoms with Gasteiger partial charge in [0.1, 0.15) is 5.75 Å². The number of hydrogen-bond acceptors (Lipinski definition) is 4. The first kappa shape index (κ1) is 16.7. The average molecular weight is 353 g/mol. The lowest BCUT2D eigenvalue weighted by Gasteiger charge is -2.19. The largest absolute Gasteiger partial charge is 0.506 e. The van der Waals surface area contributed by atoms with E-state index in [0.717, 1.165) is 4.47 Å². The monoisotopic (exact) mass is 351 g/mol. The molecule has 1 atom stereocenters. The van der Waals surface area contributed by atoms with Gasteiger partial charge in [0.2, 0.25) is 0 Å². The van der Waals surface area contributed by atoms with E-state index >= 15 is 0 Å². The molecule has 0 fully saturated rings. The van der Waals surface area contributed by atoms with Crippen LogP contribution in [0.2, 0.25) is 5.02 Å². The predicted octanol–water partition coefficient (Wildman–Crippen LogP) is 3.94. The molecule has 108 valence electrons. The van der Waals surface area contributed by atoms with Crippen LogP contribution in [0.4, 0.5) is 0 Å². The summed E-state index contributed by atoms with van der Waals surface area (Å²) < 4.78 is 0.771. The van der Waals surface area contributed by atoms with Crippen LogP contribution in [0.5, 0.6) is 5.75 Å². The summed E-state index contributed by atoms with van der Waals surface area (Å²) in [5.41, 5.74) is 6.23. The summed E-state index contributed by atoms with van der Waals surface area (Å²) in [6, 6.07) is 2.99. The molecule has 3 N–H and O–H groups in total. The molecular formula is C13H19BrClNO3. The van der Waals surface area contributed by atoms with E-state index in [9.17, 15) is 5.11 Å². The normalized spacial score (nSPS) is 13.6. The maximum absolute atomic E-state index is 9.87. The SMILES string of the molecule is CC(C)(C)OOCC[C@H](N)c1cc(Br)cc(Cl)c1O. The van der Waals surface area contributed by atoms with E-state index in [0.29, 0.717) is 18.6 Å². The van der Waals surface area contributed by atoms with Crippen LogP contribution < -0.4 is 5.73 Å². The Bertz CT molecular complexity index is 435. The molecule has 1 rings (SSSR count). The maximum atomic E-state index is 9.87. The first-order valence-corrected chi connectivity index (χ1v) is 7.12. The zero-order chi connectivity index (χ0) is 14.6. The summed E-state index contributed by atoms with van der Waals surface area (Å²) in [5, 5.41) is 10.1. The Labute approximate surface area is 126 Å². The number of phenols is 1. The number of hydrogen-bond donors (Lipinski definition) is 2. The molecule has 1 aromatic carbocycles. The zero-order valence-corrected chi connectivity index (χ0v) is 13.6. The third-order valence-electron chi connectivity index (χ3n) is 2.28. The highest BCUT2D eigenvalue weighted by Gasteiger charge is 2.16. The van der Waals surface area contributed by atoms with Gasteiger partial charge in [-0.3, -0.25) is 0 Å². The second kappa shape index (κ2) is 6.90. The number of benzene rings is 1. The molecule has 0 spiro atoms. The Morgan fingerprint density at radius 1 is 1.42 bits per heavy atom. The molecule has 0 saturated carbocycles. The van der Waals surface area contributed by atoms with Crippen molar-refractivity contribution in [1.29, 1.82) is 0 Å². The summed E-state index contributed by atoms with van der Waals surface area (Å²) in [7, 11) is 0. The highest BCUT2D eigenvalue weighted by atomic mass is 79.9. The van der Waals surface area contributed by atoms with Crippen molar-refractivity contribution >= 4 is 27.5 Å². The fourth-order valence-corrected chi connectivity index (χ4v) is 2.25. The maximum Gasteiger partial charge on any atom is 0.139 e. The summed E-state index contributed by atoms with van der Waals surface area (Å²) in [4.78, 5) is 10.2. The third kappa shape index (κ3) is 5.67. The van der Waals surface area contributed by atoms with E-state index in [1.807, 2.05) is 20.8 Å². The second-order valence-electron chi connectivity index (χ2n) is 5.24. The quantitative estimate of drug-likeness (QED) is 0.478. The van der Waals surface area contributed by atoms with E-state index in [1.165, 1.54) is 0 Å². The van der Waals surface area contributed by atoms with Crippen molar-refractivity contribution in [2.75, 3.05) is 6.61 Å². The topological polar surface area (TPSA) is 64.7 Å². The lowest BCUT2D eigenvalue weighted by molar-refractivity contribution is -0.349. The average Bonchev–Trinajstić information content (AvgIpc) is 2.27. The molecule has 0 aromatic heterocycles. The molecule has 0 saturated heterocycles. The van der Waals surface area contributed by atoms with Crippen molar-refractivity contribution in [3.05, 3.63) is 27.2 Å². The molecule has 0 amide bonds. The van der Waals surface area contributed by atoms with E-state index in [-0.39, 0.29) is 22.4 Å². The van der Waals surface area contributed by atoms with Gasteiger partial charge < -0.3 is 10.8 Å². The standard InChI is InChI=1S/C13H19BrClNO3/c1-13(2,3)19-18-5-4-11(16)9-6-8(14)7-10(15)12(9)17/h6-7,11,17H,4-5,16H2,1-3H3/t11-/m0/s1. The van der Waals surface area contributed by atoms with Crippen LogP contribution in [0, 0.1) is 0 Å². The van der Waals surface area contributed by atoms with Gasteiger partial charge >= 0.3 is 0 Å². The molecule has 0 aliphatic heterocycles. The van der Waals surface area contributed by atoms with Gasteiger partial charge in [-0.2, -0.15) is 0 Å². The van der Waals surface area contributed by atoms with Gasteiger partial charge in [0.25, 0.3) is 0 Å². The van der Waals surface area contributed by atoms with E-state index in [1.54, 1.807) is 12.1 Å². The van der Waals surface area contributed by atoms with Gasteiger partial charge in [-0.15, -0.1) is 0 Å². The summed E-state index contributed by atoms with van der Waals surface area (Å²) in [6.45, 7) is 6.02. The van der Waals surface area contributed by atoms with Gasteiger partial charge in [-0.25, -0.2) is 9.78 Å². The van der Waals surface area contributed by atoms with Gasteiger partial charge in [-0.05, 0) is 39.3 Å².